The van der Waals surface area contributed by atoms with Crippen molar-refractivity contribution in [1.82, 2.24) is 4.72 Å². The van der Waals surface area contributed by atoms with Gasteiger partial charge in [0, 0.05) is 18.5 Å². The van der Waals surface area contributed by atoms with Crippen molar-refractivity contribution in [3.63, 3.8) is 0 Å². The Morgan fingerprint density at radius 2 is 2.27 bits per heavy atom. The van der Waals surface area contributed by atoms with E-state index in [1.807, 2.05) is 12.1 Å². The van der Waals surface area contributed by atoms with Gasteiger partial charge in [-0.25, -0.2) is 13.1 Å². The highest BCUT2D eigenvalue weighted by atomic mass is 79.9. The summed E-state index contributed by atoms with van der Waals surface area (Å²) in [4.78, 5) is 0.975. The average Bonchev–Trinajstić information content (AvgIpc) is 2.59. The molecule has 0 aliphatic rings. The van der Waals surface area contributed by atoms with Gasteiger partial charge < -0.3 is 4.74 Å². The fraction of sp³-hybridized carbons (Fsp3) is 0.500. The number of thiophene rings is 1. The van der Waals surface area contributed by atoms with Gasteiger partial charge in [0.1, 0.15) is 0 Å². The Hall–Kier alpha value is 0.0500. The highest BCUT2D eigenvalue weighted by Gasteiger charge is 2.09. The van der Waals surface area contributed by atoms with Gasteiger partial charge >= 0.3 is 0 Å². The number of sulfonamides is 1. The first-order valence-electron chi connectivity index (χ1n) is 4.24. The molecule has 15 heavy (non-hydrogen) atoms. The standard InChI is InChI=1S/C8H12BrNO3S2/c1-13-4-5-15(11,12)10-6-7-2-3-8(9)14-7/h2-3,10H,4-6H2,1H3. The summed E-state index contributed by atoms with van der Waals surface area (Å²) >= 11 is 4.83. The van der Waals surface area contributed by atoms with Crippen molar-refractivity contribution >= 4 is 37.3 Å². The molecule has 1 aromatic heterocycles. The minimum Gasteiger partial charge on any atom is -0.384 e. The summed E-state index contributed by atoms with van der Waals surface area (Å²) < 4.78 is 31.0. The first-order valence-corrected chi connectivity index (χ1v) is 7.50. The molecule has 0 spiro atoms. The number of nitrogens with one attached hydrogen (secondary N) is 1. The van der Waals surface area contributed by atoms with Gasteiger partial charge in [-0.05, 0) is 28.1 Å². The van der Waals surface area contributed by atoms with Gasteiger partial charge in [0.05, 0.1) is 16.1 Å². The molecule has 0 unspecified atom stereocenters. The van der Waals surface area contributed by atoms with E-state index >= 15 is 0 Å². The fourth-order valence-corrected chi connectivity index (χ4v) is 3.31. The molecule has 7 heteroatoms. The molecule has 1 rings (SSSR count). The Kier molecular flexibility index (Phi) is 5.20. The van der Waals surface area contributed by atoms with Crippen LogP contribution in [-0.4, -0.2) is 27.9 Å². The van der Waals surface area contributed by atoms with E-state index in [0.717, 1.165) is 8.66 Å². The molecule has 86 valence electrons. The molecule has 4 nitrogen and oxygen atoms in total. The minimum atomic E-state index is -3.22. The molecule has 0 saturated heterocycles. The number of halogens is 1. The highest BCUT2D eigenvalue weighted by Crippen LogP contribution is 2.21. The van der Waals surface area contributed by atoms with E-state index in [9.17, 15) is 8.42 Å². The highest BCUT2D eigenvalue weighted by molar-refractivity contribution is 9.11. The van der Waals surface area contributed by atoms with E-state index < -0.39 is 10.0 Å². The van der Waals surface area contributed by atoms with E-state index in [1.54, 1.807) is 0 Å². The molecule has 0 radical (unpaired) electrons. The lowest BCUT2D eigenvalue weighted by Crippen LogP contribution is -2.27. The molecule has 1 aromatic rings. The predicted octanol–water partition coefficient (Wildman–Crippen LogP) is 1.58. The number of hydrogen-bond acceptors (Lipinski definition) is 4. The zero-order valence-electron chi connectivity index (χ0n) is 8.20. The smallest absolute Gasteiger partial charge is 0.214 e. The summed E-state index contributed by atoms with van der Waals surface area (Å²) in [7, 11) is -1.74. The fourth-order valence-electron chi connectivity index (χ4n) is 0.893. The Morgan fingerprint density at radius 3 is 2.80 bits per heavy atom. The third kappa shape index (κ3) is 5.07. The summed E-state index contributed by atoms with van der Waals surface area (Å²) in [5.74, 6) is -0.00392. The van der Waals surface area contributed by atoms with Crippen LogP contribution < -0.4 is 4.72 Å². The van der Waals surface area contributed by atoms with Crippen LogP contribution in [0.15, 0.2) is 15.9 Å². The molecule has 0 amide bonds. The summed E-state index contributed by atoms with van der Waals surface area (Å²) in [6.07, 6.45) is 0. The summed E-state index contributed by atoms with van der Waals surface area (Å²) in [6, 6.07) is 3.77. The van der Waals surface area contributed by atoms with Crippen LogP contribution in [0.5, 0.6) is 0 Å². The van der Waals surface area contributed by atoms with E-state index in [-0.39, 0.29) is 12.4 Å². The molecular weight excluding hydrogens is 302 g/mol. The van der Waals surface area contributed by atoms with Crippen molar-refractivity contribution in [3.05, 3.63) is 20.8 Å². The number of ether oxygens (including phenoxy) is 1. The molecule has 1 heterocycles. The van der Waals surface area contributed by atoms with Crippen LogP contribution in [0.2, 0.25) is 0 Å². The van der Waals surface area contributed by atoms with Crippen LogP contribution in [-0.2, 0) is 21.3 Å². The Labute approximate surface area is 102 Å². The van der Waals surface area contributed by atoms with Gasteiger partial charge in [0.2, 0.25) is 10.0 Å². The van der Waals surface area contributed by atoms with Crippen LogP contribution in [0.25, 0.3) is 0 Å². The first kappa shape index (κ1) is 13.1. The number of methoxy groups -OCH3 is 1. The monoisotopic (exact) mass is 313 g/mol. The van der Waals surface area contributed by atoms with Crippen LogP contribution in [0.4, 0.5) is 0 Å². The zero-order valence-corrected chi connectivity index (χ0v) is 11.4. The molecule has 0 fully saturated rings. The molecule has 0 aliphatic carbocycles. The maximum absolute atomic E-state index is 11.4. The first-order chi connectivity index (χ1) is 7.03. The Morgan fingerprint density at radius 1 is 1.53 bits per heavy atom. The maximum Gasteiger partial charge on any atom is 0.214 e. The van der Waals surface area contributed by atoms with Gasteiger partial charge in [-0.2, -0.15) is 0 Å². The van der Waals surface area contributed by atoms with E-state index in [0.29, 0.717) is 6.54 Å². The Balaban J connectivity index is 2.42. The topological polar surface area (TPSA) is 55.4 Å². The maximum atomic E-state index is 11.4. The van der Waals surface area contributed by atoms with E-state index in [4.69, 9.17) is 4.74 Å². The van der Waals surface area contributed by atoms with Gasteiger partial charge in [0.25, 0.3) is 0 Å². The largest absolute Gasteiger partial charge is 0.384 e. The summed E-state index contributed by atoms with van der Waals surface area (Å²) in [5.41, 5.74) is 0. The predicted molar refractivity (Wildman–Crippen MR) is 64.5 cm³/mol. The van der Waals surface area contributed by atoms with Crippen molar-refractivity contribution in [3.8, 4) is 0 Å². The third-order valence-corrected chi connectivity index (χ3v) is 4.56. The molecule has 0 aliphatic heterocycles. The molecule has 0 bridgehead atoms. The third-order valence-electron chi connectivity index (χ3n) is 1.65. The van der Waals surface area contributed by atoms with Crippen LogP contribution in [0, 0.1) is 0 Å². The SMILES string of the molecule is COCCS(=O)(=O)NCc1ccc(Br)s1. The van der Waals surface area contributed by atoms with Crippen molar-refractivity contribution in [2.24, 2.45) is 0 Å². The molecule has 0 aromatic carbocycles. The van der Waals surface area contributed by atoms with Crippen LogP contribution >= 0.6 is 27.3 Å². The lowest BCUT2D eigenvalue weighted by atomic mass is 10.5. The summed E-state index contributed by atoms with van der Waals surface area (Å²) in [5, 5.41) is 0. The van der Waals surface area contributed by atoms with Gasteiger partial charge in [0.15, 0.2) is 0 Å². The van der Waals surface area contributed by atoms with Gasteiger partial charge in [-0.15, -0.1) is 11.3 Å². The molecule has 0 saturated carbocycles. The van der Waals surface area contributed by atoms with E-state index in [2.05, 4.69) is 20.7 Å². The second kappa shape index (κ2) is 5.95. The minimum absolute atomic E-state index is 0.00392. The van der Waals surface area contributed by atoms with Crippen LogP contribution in [0.3, 0.4) is 0 Å². The lowest BCUT2D eigenvalue weighted by molar-refractivity contribution is 0.217. The average molecular weight is 314 g/mol. The second-order valence-corrected chi connectivity index (χ2v) is 7.31. The summed E-state index contributed by atoms with van der Waals surface area (Å²) in [6.45, 7) is 0.547. The van der Waals surface area contributed by atoms with Crippen molar-refractivity contribution < 1.29 is 13.2 Å². The number of rotatable bonds is 6. The van der Waals surface area contributed by atoms with Gasteiger partial charge in [-0.1, -0.05) is 0 Å². The van der Waals surface area contributed by atoms with Crippen molar-refractivity contribution in [2.45, 2.75) is 6.54 Å². The molecular formula is C8H12BrNO3S2. The van der Waals surface area contributed by atoms with Crippen LogP contribution in [0.1, 0.15) is 4.88 Å². The zero-order chi connectivity index (χ0) is 11.3. The second-order valence-electron chi connectivity index (χ2n) is 2.84. The normalized spacial score (nSPS) is 11.9. The molecule has 0 atom stereocenters. The lowest BCUT2D eigenvalue weighted by Gasteiger charge is -2.04. The Bertz CT molecular complexity index is 402. The van der Waals surface area contributed by atoms with Crippen molar-refractivity contribution in [1.29, 1.82) is 0 Å². The van der Waals surface area contributed by atoms with E-state index in [1.165, 1.54) is 18.4 Å². The van der Waals surface area contributed by atoms with Gasteiger partial charge in [-0.3, -0.25) is 0 Å². The number of hydrogen-bond donors (Lipinski definition) is 1. The molecule has 1 N–H and O–H groups in total. The van der Waals surface area contributed by atoms with Crippen molar-refractivity contribution in [2.75, 3.05) is 19.5 Å². The quantitative estimate of drug-likeness (QED) is 0.867.